The molecule has 0 aliphatic carbocycles. The van der Waals surface area contributed by atoms with Gasteiger partial charge in [-0.15, -0.1) is 0 Å². The van der Waals surface area contributed by atoms with Crippen LogP contribution in [-0.2, 0) is 4.79 Å². The van der Waals surface area contributed by atoms with Crippen LogP contribution in [0.15, 0.2) is 121 Å². The van der Waals surface area contributed by atoms with E-state index in [1.54, 1.807) is 0 Å². The molecule has 31 heavy (non-hydrogen) atoms. The summed E-state index contributed by atoms with van der Waals surface area (Å²) >= 11 is 0. The smallest absolute Gasteiger partial charge is 0.307 e. The average molecular weight is 491 g/mol. The Morgan fingerprint density at radius 1 is 0.613 bits per heavy atom. The van der Waals surface area contributed by atoms with Crippen molar-refractivity contribution in [3.63, 3.8) is 0 Å². The van der Waals surface area contributed by atoms with E-state index in [1.165, 1.54) is 15.9 Å². The van der Waals surface area contributed by atoms with E-state index in [4.69, 9.17) is 0 Å². The molecule has 4 aromatic rings. The van der Waals surface area contributed by atoms with Crippen LogP contribution in [0.2, 0.25) is 0 Å². The molecule has 156 valence electrons. The maximum absolute atomic E-state index is 12.1. The van der Waals surface area contributed by atoms with Crippen LogP contribution in [0, 0.1) is 0 Å². The molecule has 4 aromatic carbocycles. The third-order valence-electron chi connectivity index (χ3n) is 5.51. The quantitative estimate of drug-likeness (QED) is 0.403. The molecule has 1 unspecified atom stereocenters. The van der Waals surface area contributed by atoms with Crippen LogP contribution >= 0.6 is 7.26 Å². The normalized spacial score (nSPS) is 11.9. The summed E-state index contributed by atoms with van der Waals surface area (Å²) in [4.78, 5) is 12.1. The monoisotopic (exact) mass is 490 g/mol. The Labute approximate surface area is 194 Å². The number of rotatable bonds is 7. The minimum atomic E-state index is -2.32. The number of carbonyl (C=O) groups is 1. The van der Waals surface area contributed by atoms with E-state index in [-0.39, 0.29) is 29.1 Å². The van der Waals surface area contributed by atoms with Crippen molar-refractivity contribution < 1.29 is 26.9 Å². The third-order valence-corrected chi connectivity index (χ3v) is 10.3. The molecule has 0 radical (unpaired) electrons. The Morgan fingerprint density at radius 2 is 0.935 bits per heavy atom. The fraction of sp³-hybridized carbons (Fsp3) is 0.0741. The van der Waals surface area contributed by atoms with Gasteiger partial charge in [-0.1, -0.05) is 84.9 Å². The average Bonchev–Trinajstić information content (AvgIpc) is 2.81. The molecule has 0 fully saturated rings. The Morgan fingerprint density at radius 3 is 1.26 bits per heavy atom. The van der Waals surface area contributed by atoms with Crippen molar-refractivity contribution >= 4 is 29.1 Å². The summed E-state index contributed by atoms with van der Waals surface area (Å²) in [5.41, 5.74) is 0.883. The van der Waals surface area contributed by atoms with Gasteiger partial charge in [0.25, 0.3) is 0 Å². The van der Waals surface area contributed by atoms with Crippen LogP contribution < -0.4 is 32.9 Å². The number of aliphatic carboxylic acids is 1. The molecule has 4 heteroatoms. The lowest BCUT2D eigenvalue weighted by atomic mass is 10.1. The summed E-state index contributed by atoms with van der Waals surface area (Å²) in [5.74, 6) is -0.781. The van der Waals surface area contributed by atoms with Crippen LogP contribution in [0.3, 0.4) is 0 Å². The molecular formula is C27H24BrO2P. The van der Waals surface area contributed by atoms with Gasteiger partial charge in [-0.25, -0.2) is 0 Å². The maximum atomic E-state index is 12.1. The first-order valence-electron chi connectivity index (χ1n) is 10.0. The van der Waals surface area contributed by atoms with Crippen LogP contribution in [0.1, 0.15) is 17.6 Å². The van der Waals surface area contributed by atoms with Crippen LogP contribution in [0.5, 0.6) is 0 Å². The molecular weight excluding hydrogens is 467 g/mol. The standard InChI is InChI=1S/C27H23O2P.BrH/c28-27(29)21-26(22-13-5-1-6-14-22)30(23-15-7-2-8-16-23,24-17-9-3-10-18-24)25-19-11-4-12-20-25;/h1-20,26H,21H2;1H. The number of hydrogen-bond donors (Lipinski definition) is 1. The molecule has 0 heterocycles. The lowest BCUT2D eigenvalue weighted by molar-refractivity contribution is -0.137. The van der Waals surface area contributed by atoms with Crippen molar-refractivity contribution in [2.24, 2.45) is 0 Å². The van der Waals surface area contributed by atoms with Gasteiger partial charge in [0.2, 0.25) is 0 Å². The third kappa shape index (κ3) is 4.63. The lowest BCUT2D eigenvalue weighted by Crippen LogP contribution is -3.00. The van der Waals surface area contributed by atoms with Crippen LogP contribution in [0.25, 0.3) is 0 Å². The molecule has 1 N–H and O–H groups in total. The van der Waals surface area contributed by atoms with Crippen LogP contribution in [0.4, 0.5) is 0 Å². The van der Waals surface area contributed by atoms with Crippen molar-refractivity contribution in [1.29, 1.82) is 0 Å². The van der Waals surface area contributed by atoms with E-state index in [1.807, 2.05) is 36.4 Å². The van der Waals surface area contributed by atoms with Gasteiger partial charge < -0.3 is 22.1 Å². The zero-order valence-electron chi connectivity index (χ0n) is 17.0. The van der Waals surface area contributed by atoms with Gasteiger partial charge in [-0.05, 0) is 42.0 Å². The number of halogens is 1. The van der Waals surface area contributed by atoms with E-state index in [0.29, 0.717) is 0 Å². The molecule has 0 spiro atoms. The zero-order chi connectivity index (χ0) is 20.8. The van der Waals surface area contributed by atoms with Crippen LogP contribution in [-0.4, -0.2) is 11.1 Å². The SMILES string of the molecule is O=C(O)CC(c1ccccc1)[P+](c1ccccc1)(c1ccccc1)c1ccccc1.[Br-]. The first-order chi connectivity index (χ1) is 14.7. The van der Waals surface area contributed by atoms with E-state index >= 15 is 0 Å². The Hall–Kier alpha value is -2.74. The first-order valence-corrected chi connectivity index (χ1v) is 11.9. The summed E-state index contributed by atoms with van der Waals surface area (Å²) in [5, 5.41) is 13.5. The molecule has 0 saturated heterocycles. The highest BCUT2D eigenvalue weighted by Crippen LogP contribution is 2.67. The Bertz CT molecular complexity index is 990. The van der Waals surface area contributed by atoms with Crippen molar-refractivity contribution in [2.45, 2.75) is 12.1 Å². The fourth-order valence-electron chi connectivity index (χ4n) is 4.30. The largest absolute Gasteiger partial charge is 1.00 e. The van der Waals surface area contributed by atoms with E-state index in [2.05, 4.69) is 84.9 Å². The maximum Gasteiger partial charge on any atom is 0.307 e. The van der Waals surface area contributed by atoms with Gasteiger partial charge in [-0.2, -0.15) is 0 Å². The molecule has 0 amide bonds. The summed E-state index contributed by atoms with van der Waals surface area (Å²) in [6, 6.07) is 41.4. The highest BCUT2D eigenvalue weighted by molar-refractivity contribution is 7.96. The molecule has 0 bridgehead atoms. The fourth-order valence-corrected chi connectivity index (χ4v) is 9.25. The molecule has 1 atom stereocenters. The first kappa shape index (κ1) is 22.9. The Kier molecular flexibility index (Phi) is 7.79. The van der Waals surface area contributed by atoms with Gasteiger partial charge in [0.1, 0.15) is 28.8 Å². The van der Waals surface area contributed by atoms with Crippen molar-refractivity contribution in [1.82, 2.24) is 0 Å². The van der Waals surface area contributed by atoms with E-state index in [9.17, 15) is 9.90 Å². The predicted molar refractivity (Wildman–Crippen MR) is 127 cm³/mol. The van der Waals surface area contributed by atoms with Crippen molar-refractivity contribution in [2.75, 3.05) is 0 Å². The minimum absolute atomic E-state index is 0. The predicted octanol–water partition coefficient (Wildman–Crippen LogP) is 2.20. The summed E-state index contributed by atoms with van der Waals surface area (Å²) < 4.78 is 0. The molecule has 2 nitrogen and oxygen atoms in total. The molecule has 0 aliphatic heterocycles. The molecule has 4 rings (SSSR count). The second kappa shape index (κ2) is 10.5. The van der Waals surface area contributed by atoms with Gasteiger partial charge >= 0.3 is 5.97 Å². The van der Waals surface area contributed by atoms with E-state index < -0.39 is 13.2 Å². The highest BCUT2D eigenvalue weighted by Gasteiger charge is 2.53. The summed E-state index contributed by atoms with van der Waals surface area (Å²) in [6.07, 6.45) is 0.0659. The molecule has 0 saturated carbocycles. The van der Waals surface area contributed by atoms with E-state index in [0.717, 1.165) is 5.56 Å². The van der Waals surface area contributed by atoms with Gasteiger partial charge in [0.15, 0.2) is 0 Å². The number of benzene rings is 4. The van der Waals surface area contributed by atoms with Gasteiger partial charge in [0, 0.05) is 0 Å². The zero-order valence-corrected chi connectivity index (χ0v) is 19.5. The Balaban J connectivity index is 0.00000272. The minimum Gasteiger partial charge on any atom is -1.00 e. The van der Waals surface area contributed by atoms with Crippen molar-refractivity contribution in [3.05, 3.63) is 127 Å². The highest BCUT2D eigenvalue weighted by atomic mass is 79.9. The second-order valence-electron chi connectivity index (χ2n) is 7.25. The number of carboxylic acids is 1. The van der Waals surface area contributed by atoms with Gasteiger partial charge in [0.05, 0.1) is 6.42 Å². The second-order valence-corrected chi connectivity index (χ2v) is 10.9. The topological polar surface area (TPSA) is 37.3 Å². The van der Waals surface area contributed by atoms with Crippen molar-refractivity contribution in [3.8, 4) is 0 Å². The lowest BCUT2D eigenvalue weighted by Gasteiger charge is -2.34. The van der Waals surface area contributed by atoms with Gasteiger partial charge in [-0.3, -0.25) is 4.79 Å². The molecule has 0 aromatic heterocycles. The number of hydrogen-bond acceptors (Lipinski definition) is 1. The number of carboxylic acid groups (broad SMARTS) is 1. The molecule has 0 aliphatic rings. The summed E-state index contributed by atoms with van der Waals surface area (Å²) in [7, 11) is -2.32. The summed E-state index contributed by atoms with van der Waals surface area (Å²) in [6.45, 7) is 0.